The van der Waals surface area contributed by atoms with Crippen molar-refractivity contribution in [2.75, 3.05) is 18.7 Å². The molecule has 2 aromatic rings. The van der Waals surface area contributed by atoms with Gasteiger partial charge in [-0.25, -0.2) is 0 Å². The van der Waals surface area contributed by atoms with Gasteiger partial charge in [0.25, 0.3) is 5.91 Å². The van der Waals surface area contributed by atoms with Crippen molar-refractivity contribution in [2.24, 2.45) is 0 Å². The molecule has 0 saturated heterocycles. The Hall–Kier alpha value is -2.57. The number of hydrogen-bond acceptors (Lipinski definition) is 4. The van der Waals surface area contributed by atoms with E-state index in [2.05, 4.69) is 5.32 Å². The van der Waals surface area contributed by atoms with E-state index in [1.807, 2.05) is 36.5 Å². The Balaban J connectivity index is 1.67. The van der Waals surface area contributed by atoms with Crippen LogP contribution in [0, 0.1) is 0 Å². The molecule has 1 aliphatic rings. The van der Waals surface area contributed by atoms with Gasteiger partial charge in [0.05, 0.1) is 5.69 Å². The van der Waals surface area contributed by atoms with Crippen LogP contribution in [-0.4, -0.2) is 25.0 Å². The fourth-order valence-electron chi connectivity index (χ4n) is 2.79. The van der Waals surface area contributed by atoms with E-state index in [0.717, 1.165) is 5.56 Å². The third-order valence-electron chi connectivity index (χ3n) is 4.22. The van der Waals surface area contributed by atoms with Crippen LogP contribution >= 0.6 is 11.6 Å². The number of Topliss-reactive ketones (excluding diaryl/α,β-unsaturated/α-hetero) is 1. The van der Waals surface area contributed by atoms with E-state index in [1.54, 1.807) is 12.1 Å². The first-order valence-corrected chi connectivity index (χ1v) is 8.65. The number of ketones is 1. The predicted octanol–water partition coefficient (Wildman–Crippen LogP) is 2.53. The van der Waals surface area contributed by atoms with E-state index in [9.17, 15) is 9.59 Å². The van der Waals surface area contributed by atoms with Gasteiger partial charge in [0, 0.05) is 22.2 Å². The lowest BCUT2D eigenvalue weighted by Gasteiger charge is -2.13. The zero-order valence-electron chi connectivity index (χ0n) is 14.5. The summed E-state index contributed by atoms with van der Waals surface area (Å²) < 4.78 is 10.6. The average Bonchev–Trinajstić information content (AvgIpc) is 3.06. The Bertz CT molecular complexity index is 853. The number of benzene rings is 2. The Morgan fingerprint density at radius 1 is 1.23 bits per heavy atom. The average molecular weight is 376 g/mol. The minimum atomic E-state index is -0.217. The number of nitrogens with one attached hydrogen (secondary N) is 1. The number of quaternary nitrogens is 1. The number of carbonyl (C=O) groups is 2. The van der Waals surface area contributed by atoms with Gasteiger partial charge in [0.15, 0.2) is 23.8 Å². The molecular weight excluding hydrogens is 356 g/mol. The van der Waals surface area contributed by atoms with E-state index >= 15 is 0 Å². The summed E-state index contributed by atoms with van der Waals surface area (Å²) in [6, 6.07) is 10.8. The fourth-order valence-corrected chi connectivity index (χ4v) is 3.10. The van der Waals surface area contributed by atoms with Gasteiger partial charge in [-0.1, -0.05) is 29.8 Å². The summed E-state index contributed by atoms with van der Waals surface area (Å²) in [5.74, 6) is 0.642. The summed E-state index contributed by atoms with van der Waals surface area (Å²) in [6.07, 6.45) is 0. The fraction of sp³-hybridized carbons (Fsp3) is 0.263. The van der Waals surface area contributed by atoms with Crippen molar-refractivity contribution in [2.45, 2.75) is 19.9 Å². The summed E-state index contributed by atoms with van der Waals surface area (Å²) in [6.45, 7) is 3.72. The maximum atomic E-state index is 12.3. The van der Waals surface area contributed by atoms with Crippen LogP contribution in [0.5, 0.6) is 11.5 Å². The monoisotopic (exact) mass is 375 g/mol. The van der Waals surface area contributed by atoms with Crippen LogP contribution in [0.4, 0.5) is 5.69 Å². The van der Waals surface area contributed by atoms with Crippen molar-refractivity contribution in [1.82, 2.24) is 0 Å². The van der Waals surface area contributed by atoms with Crippen LogP contribution in [0.3, 0.4) is 0 Å². The molecule has 0 saturated carbocycles. The summed E-state index contributed by atoms with van der Waals surface area (Å²) >= 11 is 6.19. The summed E-state index contributed by atoms with van der Waals surface area (Å²) in [7, 11) is 0. The molecule has 0 spiro atoms. The number of ether oxygens (including phenoxy) is 2. The number of anilines is 1. The van der Waals surface area contributed by atoms with Crippen LogP contribution in [0.15, 0.2) is 36.4 Å². The van der Waals surface area contributed by atoms with Crippen LogP contribution < -0.4 is 20.1 Å². The second kappa shape index (κ2) is 7.76. The van der Waals surface area contributed by atoms with E-state index < -0.39 is 0 Å². The predicted molar refractivity (Wildman–Crippen MR) is 97.9 cm³/mol. The van der Waals surface area contributed by atoms with E-state index in [4.69, 9.17) is 21.1 Å². The van der Waals surface area contributed by atoms with Crippen LogP contribution in [-0.2, 0) is 4.79 Å². The Morgan fingerprint density at radius 2 is 1.92 bits per heavy atom. The first-order valence-electron chi connectivity index (χ1n) is 8.28. The van der Waals surface area contributed by atoms with Gasteiger partial charge in [0.2, 0.25) is 6.79 Å². The van der Waals surface area contributed by atoms with Crippen molar-refractivity contribution < 1.29 is 24.4 Å². The van der Waals surface area contributed by atoms with Gasteiger partial charge in [-0.3, -0.25) is 9.59 Å². The standard InChI is InChI=1S/C19H19ClN2O4/c1-11(13-5-3-4-6-15(13)20)21-9-19(24)22-16-8-18-17(25-10-26-18)7-14(16)12(2)23/h3-8,11,21H,9-10H2,1-2H3,(H,22,24)/p+1/t11-/m1/s1. The lowest BCUT2D eigenvalue weighted by molar-refractivity contribution is -0.682. The Kier molecular flexibility index (Phi) is 5.44. The van der Waals surface area contributed by atoms with Crippen molar-refractivity contribution in [3.63, 3.8) is 0 Å². The molecule has 0 radical (unpaired) electrons. The molecule has 136 valence electrons. The molecule has 1 atom stereocenters. The van der Waals surface area contributed by atoms with Crippen molar-refractivity contribution >= 4 is 29.0 Å². The third kappa shape index (κ3) is 3.98. The lowest BCUT2D eigenvalue weighted by Crippen LogP contribution is -2.86. The molecule has 0 unspecified atom stereocenters. The maximum absolute atomic E-state index is 12.3. The Labute approximate surface area is 156 Å². The normalized spacial score (nSPS) is 13.3. The Morgan fingerprint density at radius 3 is 2.62 bits per heavy atom. The molecule has 3 N–H and O–H groups in total. The summed E-state index contributed by atoms with van der Waals surface area (Å²) in [5.41, 5.74) is 1.78. The topological polar surface area (TPSA) is 81.2 Å². The molecule has 1 aliphatic heterocycles. The summed E-state index contributed by atoms with van der Waals surface area (Å²) in [5, 5.41) is 5.34. The number of rotatable bonds is 6. The molecule has 7 heteroatoms. The number of amides is 1. The second-order valence-corrected chi connectivity index (χ2v) is 6.51. The van der Waals surface area contributed by atoms with Crippen LogP contribution in [0.25, 0.3) is 0 Å². The largest absolute Gasteiger partial charge is 0.454 e. The smallest absolute Gasteiger partial charge is 0.279 e. The van der Waals surface area contributed by atoms with Crippen molar-refractivity contribution in [1.29, 1.82) is 0 Å². The van der Waals surface area contributed by atoms with Crippen molar-refractivity contribution in [3.8, 4) is 11.5 Å². The second-order valence-electron chi connectivity index (χ2n) is 6.11. The quantitative estimate of drug-likeness (QED) is 0.760. The van der Waals surface area contributed by atoms with E-state index in [0.29, 0.717) is 27.8 Å². The van der Waals surface area contributed by atoms with Crippen molar-refractivity contribution in [3.05, 3.63) is 52.5 Å². The van der Waals surface area contributed by atoms with E-state index in [1.165, 1.54) is 6.92 Å². The molecule has 26 heavy (non-hydrogen) atoms. The molecule has 2 aromatic carbocycles. The number of carbonyl (C=O) groups excluding carboxylic acids is 2. The third-order valence-corrected chi connectivity index (χ3v) is 4.56. The van der Waals surface area contributed by atoms with E-state index in [-0.39, 0.29) is 31.1 Å². The molecule has 0 fully saturated rings. The van der Waals surface area contributed by atoms with Gasteiger partial charge >= 0.3 is 0 Å². The highest BCUT2D eigenvalue weighted by atomic mass is 35.5. The highest BCUT2D eigenvalue weighted by molar-refractivity contribution is 6.31. The highest BCUT2D eigenvalue weighted by Crippen LogP contribution is 2.37. The highest BCUT2D eigenvalue weighted by Gasteiger charge is 2.21. The molecule has 3 rings (SSSR count). The lowest BCUT2D eigenvalue weighted by atomic mass is 10.1. The van der Waals surface area contributed by atoms with Gasteiger partial charge in [0.1, 0.15) is 6.04 Å². The number of hydrogen-bond donors (Lipinski definition) is 2. The van der Waals surface area contributed by atoms with Gasteiger partial charge in [-0.15, -0.1) is 0 Å². The zero-order chi connectivity index (χ0) is 18.7. The maximum Gasteiger partial charge on any atom is 0.279 e. The van der Waals surface area contributed by atoms with Gasteiger partial charge in [-0.2, -0.15) is 0 Å². The minimum absolute atomic E-state index is 0.0264. The number of halogens is 1. The number of fused-ring (bicyclic) bond motifs is 1. The molecule has 6 nitrogen and oxygen atoms in total. The summed E-state index contributed by atoms with van der Waals surface area (Å²) in [4.78, 5) is 24.2. The molecule has 1 amide bonds. The molecular formula is C19H20ClN2O4+. The van der Waals surface area contributed by atoms with Crippen LogP contribution in [0.1, 0.15) is 35.8 Å². The number of nitrogens with two attached hydrogens (primary N) is 1. The van der Waals surface area contributed by atoms with Gasteiger partial charge in [-0.05, 0) is 26.0 Å². The zero-order valence-corrected chi connectivity index (χ0v) is 15.3. The molecule has 1 heterocycles. The van der Waals surface area contributed by atoms with Gasteiger partial charge < -0.3 is 20.1 Å². The molecule has 0 aliphatic carbocycles. The van der Waals surface area contributed by atoms with Crippen LogP contribution in [0.2, 0.25) is 5.02 Å². The SMILES string of the molecule is CC(=O)c1cc2c(cc1NC(=O)C[NH2+][C@H](C)c1ccccc1Cl)OCO2. The first kappa shape index (κ1) is 18.2. The molecule has 0 bridgehead atoms. The minimum Gasteiger partial charge on any atom is -0.454 e. The first-order chi connectivity index (χ1) is 12.5. The molecule has 0 aromatic heterocycles.